The second kappa shape index (κ2) is 7.67. The zero-order valence-corrected chi connectivity index (χ0v) is 11.1. The van der Waals surface area contributed by atoms with Crippen LogP contribution in [-0.2, 0) is 9.53 Å². The van der Waals surface area contributed by atoms with Crippen molar-refractivity contribution in [2.45, 2.75) is 58.1 Å². The van der Waals surface area contributed by atoms with E-state index >= 15 is 0 Å². The van der Waals surface area contributed by atoms with Gasteiger partial charge in [-0.15, -0.1) is 0 Å². The van der Waals surface area contributed by atoms with Crippen LogP contribution in [0.5, 0.6) is 0 Å². The molecule has 4 nitrogen and oxygen atoms in total. The Bertz CT molecular complexity index is 225. The summed E-state index contributed by atoms with van der Waals surface area (Å²) in [5.41, 5.74) is 5.49. The molecule has 100 valence electrons. The van der Waals surface area contributed by atoms with Gasteiger partial charge in [-0.2, -0.15) is 0 Å². The lowest BCUT2D eigenvalue weighted by Crippen LogP contribution is -2.40. The number of amides is 1. The summed E-state index contributed by atoms with van der Waals surface area (Å²) in [5.74, 6) is 0.605. The molecule has 17 heavy (non-hydrogen) atoms. The molecular weight excluding hydrogens is 216 g/mol. The fourth-order valence-corrected chi connectivity index (χ4v) is 2.50. The van der Waals surface area contributed by atoms with E-state index in [4.69, 9.17) is 10.5 Å². The second-order valence-corrected chi connectivity index (χ2v) is 4.91. The minimum Gasteiger partial charge on any atom is -0.378 e. The van der Waals surface area contributed by atoms with E-state index in [0.717, 1.165) is 13.0 Å². The third kappa shape index (κ3) is 5.04. The van der Waals surface area contributed by atoms with Gasteiger partial charge in [0.2, 0.25) is 5.91 Å². The number of nitrogens with two attached hydrogens (primary N) is 1. The molecule has 0 aromatic carbocycles. The molecule has 2 atom stereocenters. The molecule has 3 N–H and O–H groups in total. The number of hydrogen-bond acceptors (Lipinski definition) is 3. The van der Waals surface area contributed by atoms with Gasteiger partial charge in [0.15, 0.2) is 0 Å². The summed E-state index contributed by atoms with van der Waals surface area (Å²) in [6.45, 7) is 5.15. The van der Waals surface area contributed by atoms with Crippen LogP contribution >= 0.6 is 0 Å². The Morgan fingerprint density at radius 3 is 2.65 bits per heavy atom. The molecule has 1 amide bonds. The van der Waals surface area contributed by atoms with Crippen LogP contribution in [0.4, 0.5) is 0 Å². The van der Waals surface area contributed by atoms with Crippen LogP contribution in [0.2, 0.25) is 0 Å². The summed E-state index contributed by atoms with van der Waals surface area (Å²) >= 11 is 0. The molecule has 0 saturated heterocycles. The van der Waals surface area contributed by atoms with E-state index in [2.05, 4.69) is 5.32 Å². The average Bonchev–Trinajstić information content (AvgIpc) is 2.80. The van der Waals surface area contributed by atoms with E-state index in [-0.39, 0.29) is 5.91 Å². The van der Waals surface area contributed by atoms with Gasteiger partial charge in [0.25, 0.3) is 0 Å². The van der Waals surface area contributed by atoms with E-state index in [9.17, 15) is 4.79 Å². The smallest absolute Gasteiger partial charge is 0.236 e. The van der Waals surface area contributed by atoms with E-state index in [0.29, 0.717) is 18.6 Å². The normalized spacial score (nSPS) is 20.2. The number of hydrogen-bond donors (Lipinski definition) is 2. The van der Waals surface area contributed by atoms with Crippen molar-refractivity contribution in [3.8, 4) is 0 Å². The topological polar surface area (TPSA) is 64.3 Å². The number of carbonyl (C=O) groups excluding carboxylic acids is 1. The highest BCUT2D eigenvalue weighted by Crippen LogP contribution is 2.30. The summed E-state index contributed by atoms with van der Waals surface area (Å²) in [7, 11) is 0. The van der Waals surface area contributed by atoms with Gasteiger partial charge >= 0.3 is 0 Å². The largest absolute Gasteiger partial charge is 0.378 e. The maximum Gasteiger partial charge on any atom is 0.236 e. The van der Waals surface area contributed by atoms with Gasteiger partial charge in [-0.05, 0) is 39.0 Å². The van der Waals surface area contributed by atoms with Crippen LogP contribution in [0.3, 0.4) is 0 Å². The van der Waals surface area contributed by atoms with Crippen molar-refractivity contribution < 1.29 is 9.53 Å². The maximum atomic E-state index is 11.3. The quantitative estimate of drug-likeness (QED) is 0.710. The summed E-state index contributed by atoms with van der Waals surface area (Å²) in [6.07, 6.45) is 6.38. The molecule has 0 aliphatic heterocycles. The first-order valence-corrected chi connectivity index (χ1v) is 6.80. The third-order valence-corrected chi connectivity index (χ3v) is 3.45. The zero-order chi connectivity index (χ0) is 12.7. The Balaban J connectivity index is 2.26. The van der Waals surface area contributed by atoms with Gasteiger partial charge in [-0.25, -0.2) is 0 Å². The highest BCUT2D eigenvalue weighted by molar-refractivity contribution is 5.80. The lowest BCUT2D eigenvalue weighted by atomic mass is 9.98. The Labute approximate surface area is 104 Å². The van der Waals surface area contributed by atoms with Gasteiger partial charge in [0.05, 0.1) is 12.1 Å². The lowest BCUT2D eigenvalue weighted by molar-refractivity contribution is -0.122. The monoisotopic (exact) mass is 242 g/mol. The Kier molecular flexibility index (Phi) is 6.52. The van der Waals surface area contributed by atoms with Crippen molar-refractivity contribution in [1.29, 1.82) is 0 Å². The van der Waals surface area contributed by atoms with Gasteiger partial charge in [-0.1, -0.05) is 12.8 Å². The van der Waals surface area contributed by atoms with Crippen LogP contribution < -0.4 is 11.1 Å². The summed E-state index contributed by atoms with van der Waals surface area (Å²) in [5, 5.41) is 2.85. The maximum absolute atomic E-state index is 11.3. The minimum atomic E-state index is -0.424. The second-order valence-electron chi connectivity index (χ2n) is 4.91. The SMILES string of the molecule is CCOC(CCNC(=O)[C@H](C)N)C1CCCC1. The number of rotatable bonds is 7. The number of nitrogens with one attached hydrogen (secondary N) is 1. The Hall–Kier alpha value is -0.610. The summed E-state index contributed by atoms with van der Waals surface area (Å²) in [4.78, 5) is 11.3. The summed E-state index contributed by atoms with van der Waals surface area (Å²) in [6, 6.07) is -0.424. The minimum absolute atomic E-state index is 0.0772. The fraction of sp³-hybridized carbons (Fsp3) is 0.923. The molecule has 0 heterocycles. The Morgan fingerprint density at radius 1 is 1.47 bits per heavy atom. The predicted molar refractivity (Wildman–Crippen MR) is 68.6 cm³/mol. The van der Waals surface area contributed by atoms with Crippen molar-refractivity contribution in [3.63, 3.8) is 0 Å². The van der Waals surface area contributed by atoms with Gasteiger partial charge in [-0.3, -0.25) is 4.79 Å². The number of ether oxygens (including phenoxy) is 1. The first-order valence-electron chi connectivity index (χ1n) is 6.80. The van der Waals surface area contributed by atoms with Crippen LogP contribution in [0, 0.1) is 5.92 Å². The van der Waals surface area contributed by atoms with Crippen molar-refractivity contribution in [2.24, 2.45) is 11.7 Å². The molecule has 0 aromatic rings. The van der Waals surface area contributed by atoms with Gasteiger partial charge in [0.1, 0.15) is 0 Å². The zero-order valence-electron chi connectivity index (χ0n) is 11.1. The highest BCUT2D eigenvalue weighted by atomic mass is 16.5. The van der Waals surface area contributed by atoms with Crippen LogP contribution in [-0.4, -0.2) is 31.2 Å². The standard InChI is InChI=1S/C13H26N2O2/c1-3-17-12(11-6-4-5-7-11)8-9-15-13(16)10(2)14/h10-12H,3-9,14H2,1-2H3,(H,15,16)/t10-,12?/m0/s1. The van der Waals surface area contributed by atoms with Crippen LogP contribution in [0.15, 0.2) is 0 Å². The molecule has 1 aliphatic rings. The molecule has 0 spiro atoms. The lowest BCUT2D eigenvalue weighted by Gasteiger charge is -2.23. The molecule has 1 fully saturated rings. The van der Waals surface area contributed by atoms with Crippen molar-refractivity contribution in [1.82, 2.24) is 5.32 Å². The average molecular weight is 242 g/mol. The third-order valence-electron chi connectivity index (χ3n) is 3.45. The van der Waals surface area contributed by atoms with Crippen LogP contribution in [0.1, 0.15) is 46.0 Å². The van der Waals surface area contributed by atoms with Gasteiger partial charge in [0, 0.05) is 13.2 Å². The van der Waals surface area contributed by atoms with Crippen molar-refractivity contribution in [3.05, 3.63) is 0 Å². The molecule has 4 heteroatoms. The van der Waals surface area contributed by atoms with E-state index in [1.807, 2.05) is 6.92 Å². The first kappa shape index (κ1) is 14.5. The highest BCUT2D eigenvalue weighted by Gasteiger charge is 2.25. The van der Waals surface area contributed by atoms with E-state index < -0.39 is 6.04 Å². The molecular formula is C13H26N2O2. The molecule has 0 radical (unpaired) electrons. The molecule has 1 aliphatic carbocycles. The van der Waals surface area contributed by atoms with Gasteiger partial charge < -0.3 is 15.8 Å². The Morgan fingerprint density at radius 2 is 2.12 bits per heavy atom. The molecule has 0 aromatic heterocycles. The van der Waals surface area contributed by atoms with E-state index in [1.54, 1.807) is 6.92 Å². The molecule has 0 bridgehead atoms. The molecule has 1 saturated carbocycles. The van der Waals surface area contributed by atoms with Crippen LogP contribution in [0.25, 0.3) is 0 Å². The predicted octanol–water partition coefficient (Wildman–Crippen LogP) is 1.44. The summed E-state index contributed by atoms with van der Waals surface area (Å²) < 4.78 is 5.79. The van der Waals surface area contributed by atoms with Crippen molar-refractivity contribution in [2.75, 3.05) is 13.2 Å². The molecule has 1 unspecified atom stereocenters. The van der Waals surface area contributed by atoms with Crippen molar-refractivity contribution >= 4 is 5.91 Å². The molecule has 1 rings (SSSR count). The fourth-order valence-electron chi connectivity index (χ4n) is 2.50. The number of carbonyl (C=O) groups is 1. The first-order chi connectivity index (χ1) is 8.15. The van der Waals surface area contributed by atoms with E-state index in [1.165, 1.54) is 25.7 Å².